The first-order valence-electron chi connectivity index (χ1n) is 5.68. The third-order valence-electron chi connectivity index (χ3n) is 2.82. The average Bonchev–Trinajstić information content (AvgIpc) is 2.86. The average molecular weight is 247 g/mol. The third kappa shape index (κ3) is 1.97. The molecule has 2 aromatic heterocycles. The molecule has 0 radical (unpaired) electrons. The molecule has 1 saturated heterocycles. The van der Waals surface area contributed by atoms with Gasteiger partial charge in [0, 0.05) is 24.8 Å². The van der Waals surface area contributed by atoms with Crippen LogP contribution in [0.25, 0.3) is 0 Å². The van der Waals surface area contributed by atoms with E-state index in [1.54, 1.807) is 16.9 Å². The van der Waals surface area contributed by atoms with Gasteiger partial charge in [0.25, 0.3) is 5.91 Å². The minimum Gasteiger partial charge on any atom is -0.312 e. The van der Waals surface area contributed by atoms with Gasteiger partial charge in [0.05, 0.1) is 12.2 Å². The number of hydrogen-bond acceptors (Lipinski definition) is 5. The number of aryl methyl sites for hydroxylation is 1. The van der Waals surface area contributed by atoms with Crippen LogP contribution in [0.2, 0.25) is 0 Å². The molecule has 18 heavy (non-hydrogen) atoms. The second kappa shape index (κ2) is 4.22. The zero-order chi connectivity index (χ0) is 12.5. The number of aromatic nitrogens is 5. The molecule has 1 aliphatic rings. The highest BCUT2D eigenvalue weighted by molar-refractivity contribution is 6.02. The molecule has 0 atom stereocenters. The van der Waals surface area contributed by atoms with Crippen molar-refractivity contribution in [2.45, 2.75) is 13.0 Å². The number of nitrogens with one attached hydrogen (secondary N) is 3. The van der Waals surface area contributed by atoms with E-state index < -0.39 is 0 Å². The van der Waals surface area contributed by atoms with E-state index in [9.17, 15) is 4.79 Å². The maximum absolute atomic E-state index is 11.9. The summed E-state index contributed by atoms with van der Waals surface area (Å²) in [7, 11) is 0. The summed E-state index contributed by atoms with van der Waals surface area (Å²) < 4.78 is 1.71. The van der Waals surface area contributed by atoms with Gasteiger partial charge in [-0.2, -0.15) is 5.10 Å². The summed E-state index contributed by atoms with van der Waals surface area (Å²) in [5.74, 6) is 0.178. The van der Waals surface area contributed by atoms with Crippen LogP contribution in [0, 0.1) is 6.92 Å². The predicted octanol–water partition coefficient (Wildman–Crippen LogP) is -0.294. The van der Waals surface area contributed by atoms with E-state index >= 15 is 0 Å². The van der Waals surface area contributed by atoms with E-state index in [0.29, 0.717) is 17.6 Å². The van der Waals surface area contributed by atoms with Gasteiger partial charge < -0.3 is 10.6 Å². The van der Waals surface area contributed by atoms with E-state index in [2.05, 4.69) is 31.1 Å². The maximum atomic E-state index is 11.9. The molecule has 2 aromatic rings. The van der Waals surface area contributed by atoms with Crippen molar-refractivity contribution in [1.29, 1.82) is 0 Å². The van der Waals surface area contributed by atoms with Gasteiger partial charge in [-0.25, -0.2) is 4.68 Å². The normalized spacial score (nSPS) is 15.4. The topological polar surface area (TPSA) is 101 Å². The molecule has 8 heteroatoms. The van der Waals surface area contributed by atoms with Crippen LogP contribution >= 0.6 is 0 Å². The Morgan fingerprint density at radius 3 is 3.00 bits per heavy atom. The van der Waals surface area contributed by atoms with Crippen LogP contribution in [0.15, 0.2) is 12.3 Å². The molecule has 3 N–H and O–H groups in total. The van der Waals surface area contributed by atoms with Crippen LogP contribution in [0.4, 0.5) is 5.82 Å². The minimum atomic E-state index is -0.306. The molecule has 1 amide bonds. The summed E-state index contributed by atoms with van der Waals surface area (Å²) in [4.78, 5) is 11.9. The van der Waals surface area contributed by atoms with E-state index in [1.165, 1.54) is 0 Å². The summed E-state index contributed by atoms with van der Waals surface area (Å²) >= 11 is 0. The molecule has 0 saturated carbocycles. The Labute approximate surface area is 103 Å². The summed E-state index contributed by atoms with van der Waals surface area (Å²) in [5, 5.41) is 20.3. The fraction of sp³-hybridized carbons (Fsp3) is 0.400. The maximum Gasteiger partial charge on any atom is 0.279 e. The van der Waals surface area contributed by atoms with Crippen molar-refractivity contribution < 1.29 is 4.79 Å². The summed E-state index contributed by atoms with van der Waals surface area (Å²) in [6.45, 7) is 3.59. The molecule has 1 fully saturated rings. The molecule has 94 valence electrons. The highest BCUT2D eigenvalue weighted by atomic mass is 16.2. The van der Waals surface area contributed by atoms with Crippen molar-refractivity contribution in [3.8, 4) is 0 Å². The molecule has 3 heterocycles. The largest absolute Gasteiger partial charge is 0.312 e. The van der Waals surface area contributed by atoms with E-state index in [-0.39, 0.29) is 5.91 Å². The SMILES string of the molecule is Cc1cc(NC(=O)c2cn(C3CNC3)nn2)n[nH]1. The van der Waals surface area contributed by atoms with Crippen molar-refractivity contribution >= 4 is 11.7 Å². The fourth-order valence-electron chi connectivity index (χ4n) is 1.68. The number of rotatable bonds is 3. The van der Waals surface area contributed by atoms with Crippen LogP contribution in [-0.4, -0.2) is 44.2 Å². The predicted molar refractivity (Wildman–Crippen MR) is 63.2 cm³/mol. The first-order chi connectivity index (χ1) is 8.72. The van der Waals surface area contributed by atoms with Crippen LogP contribution in [0.5, 0.6) is 0 Å². The Morgan fingerprint density at radius 2 is 2.39 bits per heavy atom. The van der Waals surface area contributed by atoms with Gasteiger partial charge in [0.1, 0.15) is 0 Å². The lowest BCUT2D eigenvalue weighted by Crippen LogP contribution is -2.43. The molecular formula is C10H13N7O. The quantitative estimate of drug-likeness (QED) is 0.691. The summed E-state index contributed by atoms with van der Waals surface area (Å²) in [6.07, 6.45) is 1.65. The van der Waals surface area contributed by atoms with Crippen molar-refractivity contribution in [3.63, 3.8) is 0 Å². The van der Waals surface area contributed by atoms with Crippen molar-refractivity contribution in [3.05, 3.63) is 23.7 Å². The van der Waals surface area contributed by atoms with Gasteiger partial charge in [0.2, 0.25) is 0 Å². The first kappa shape index (κ1) is 10.9. The van der Waals surface area contributed by atoms with Crippen LogP contribution in [0.1, 0.15) is 22.2 Å². The molecular weight excluding hydrogens is 234 g/mol. The summed E-state index contributed by atoms with van der Waals surface area (Å²) in [5.41, 5.74) is 1.18. The Balaban J connectivity index is 1.70. The number of amides is 1. The fourth-order valence-corrected chi connectivity index (χ4v) is 1.68. The number of carbonyl (C=O) groups excluding carboxylic acids is 1. The molecule has 8 nitrogen and oxygen atoms in total. The summed E-state index contributed by atoms with van der Waals surface area (Å²) in [6, 6.07) is 2.05. The number of hydrogen-bond donors (Lipinski definition) is 3. The second-order valence-corrected chi connectivity index (χ2v) is 4.29. The van der Waals surface area contributed by atoms with E-state index in [1.807, 2.05) is 6.92 Å². The van der Waals surface area contributed by atoms with Gasteiger partial charge in [-0.15, -0.1) is 5.10 Å². The van der Waals surface area contributed by atoms with Crippen molar-refractivity contribution in [2.75, 3.05) is 18.4 Å². The molecule has 0 bridgehead atoms. The number of nitrogens with zero attached hydrogens (tertiary/aromatic N) is 4. The van der Waals surface area contributed by atoms with Gasteiger partial charge in [-0.1, -0.05) is 5.21 Å². The van der Waals surface area contributed by atoms with Crippen LogP contribution < -0.4 is 10.6 Å². The number of carbonyl (C=O) groups is 1. The van der Waals surface area contributed by atoms with Gasteiger partial charge in [-0.3, -0.25) is 9.89 Å². The lowest BCUT2D eigenvalue weighted by molar-refractivity contribution is 0.102. The Bertz CT molecular complexity index is 568. The lowest BCUT2D eigenvalue weighted by Gasteiger charge is -2.26. The zero-order valence-corrected chi connectivity index (χ0v) is 9.84. The first-order valence-corrected chi connectivity index (χ1v) is 5.68. The molecule has 3 rings (SSSR count). The second-order valence-electron chi connectivity index (χ2n) is 4.29. The zero-order valence-electron chi connectivity index (χ0n) is 9.84. The molecule has 0 aliphatic carbocycles. The number of anilines is 1. The Hall–Kier alpha value is -2.22. The van der Waals surface area contributed by atoms with Crippen LogP contribution in [-0.2, 0) is 0 Å². The van der Waals surface area contributed by atoms with Crippen molar-refractivity contribution in [2.24, 2.45) is 0 Å². The van der Waals surface area contributed by atoms with Gasteiger partial charge >= 0.3 is 0 Å². The van der Waals surface area contributed by atoms with E-state index in [0.717, 1.165) is 18.8 Å². The Morgan fingerprint density at radius 1 is 1.56 bits per heavy atom. The Kier molecular flexibility index (Phi) is 2.56. The standard InChI is InChI=1S/C10H13N7O/c1-6-2-9(15-13-6)12-10(18)8-5-17(16-14-8)7-3-11-4-7/h2,5,7,11H,3-4H2,1H3,(H2,12,13,15,18). The third-order valence-corrected chi connectivity index (χ3v) is 2.82. The van der Waals surface area contributed by atoms with Crippen molar-refractivity contribution in [1.82, 2.24) is 30.5 Å². The highest BCUT2D eigenvalue weighted by Crippen LogP contribution is 2.11. The minimum absolute atomic E-state index is 0.294. The smallest absolute Gasteiger partial charge is 0.279 e. The van der Waals surface area contributed by atoms with Crippen LogP contribution in [0.3, 0.4) is 0 Å². The highest BCUT2D eigenvalue weighted by Gasteiger charge is 2.21. The van der Waals surface area contributed by atoms with Gasteiger partial charge in [-0.05, 0) is 6.92 Å². The lowest BCUT2D eigenvalue weighted by atomic mass is 10.2. The monoisotopic (exact) mass is 247 g/mol. The molecule has 0 unspecified atom stereocenters. The van der Waals surface area contributed by atoms with E-state index in [4.69, 9.17) is 0 Å². The number of aromatic amines is 1. The van der Waals surface area contributed by atoms with Gasteiger partial charge in [0.15, 0.2) is 11.5 Å². The molecule has 1 aliphatic heterocycles. The molecule has 0 spiro atoms. The molecule has 0 aromatic carbocycles. The number of H-pyrrole nitrogens is 1.